The summed E-state index contributed by atoms with van der Waals surface area (Å²) in [6, 6.07) is 17.2. The Morgan fingerprint density at radius 3 is 2.33 bits per heavy atom. The second kappa shape index (κ2) is 8.17. The Hall–Kier alpha value is -2.79. The largest absolute Gasteiger partial charge is 0.433 e. The van der Waals surface area contributed by atoms with E-state index in [2.05, 4.69) is 6.58 Å². The van der Waals surface area contributed by atoms with E-state index in [9.17, 15) is 9.90 Å². The Morgan fingerprint density at radius 1 is 1.17 bits per heavy atom. The van der Waals surface area contributed by atoms with E-state index in [1.165, 1.54) is 0 Å². The molecule has 126 valence electrons. The summed E-state index contributed by atoms with van der Waals surface area (Å²) in [5.74, 6) is -0.596. The van der Waals surface area contributed by atoms with Gasteiger partial charge in [-0.05, 0) is 43.3 Å². The number of carbonyl (C=O) groups excluding carboxylic acids is 1. The number of rotatable bonds is 7. The molecule has 0 amide bonds. The van der Waals surface area contributed by atoms with E-state index in [1.54, 1.807) is 6.92 Å². The van der Waals surface area contributed by atoms with Crippen molar-refractivity contribution in [2.24, 2.45) is 0 Å². The Morgan fingerprint density at radius 2 is 1.75 bits per heavy atom. The summed E-state index contributed by atoms with van der Waals surface area (Å²) in [7, 11) is 0. The Balaban J connectivity index is 2.11. The van der Waals surface area contributed by atoms with Crippen LogP contribution in [-0.4, -0.2) is 23.9 Å². The number of hydrogen-bond acceptors (Lipinski definition) is 5. The van der Waals surface area contributed by atoms with Gasteiger partial charge in [-0.15, -0.1) is 0 Å². The lowest BCUT2D eigenvalue weighted by Crippen LogP contribution is -2.26. The van der Waals surface area contributed by atoms with Gasteiger partial charge in [0.1, 0.15) is 0 Å². The number of hydrogen-bond donors (Lipinski definition) is 2. The highest BCUT2D eigenvalue weighted by atomic mass is 16.6. The maximum absolute atomic E-state index is 11.5. The first kappa shape index (κ1) is 17.6. The first-order chi connectivity index (χ1) is 11.5. The number of nitrogen functional groups attached to an aromatic ring is 1. The number of carbonyl (C=O) groups is 1. The van der Waals surface area contributed by atoms with E-state index in [0.717, 1.165) is 11.4 Å². The van der Waals surface area contributed by atoms with Crippen molar-refractivity contribution in [2.45, 2.75) is 19.6 Å². The number of esters is 1. The fraction of sp³-hybridized carbons (Fsp3) is 0.211. The number of nitrogens with two attached hydrogens (primary N) is 1. The van der Waals surface area contributed by atoms with Crippen LogP contribution in [0.5, 0.6) is 0 Å². The van der Waals surface area contributed by atoms with Gasteiger partial charge in [0.25, 0.3) is 0 Å². The number of nitrogens with zero attached hydrogens (tertiary/aromatic N) is 1. The number of anilines is 3. The fourth-order valence-corrected chi connectivity index (χ4v) is 2.19. The Kier molecular flexibility index (Phi) is 5.98. The normalized spacial score (nSPS) is 11.6. The van der Waals surface area contributed by atoms with Gasteiger partial charge in [0.05, 0.1) is 0 Å². The molecule has 0 aromatic heterocycles. The molecule has 5 heteroatoms. The number of benzene rings is 2. The van der Waals surface area contributed by atoms with Crippen LogP contribution in [0, 0.1) is 0 Å². The van der Waals surface area contributed by atoms with E-state index < -0.39 is 12.3 Å². The summed E-state index contributed by atoms with van der Waals surface area (Å²) in [6.07, 6.45) is -0.924. The minimum atomic E-state index is -1.19. The zero-order valence-corrected chi connectivity index (χ0v) is 13.7. The molecule has 0 aliphatic heterocycles. The predicted octanol–water partition coefficient (Wildman–Crippen LogP) is 3.23. The topological polar surface area (TPSA) is 75.8 Å². The second-order valence-corrected chi connectivity index (χ2v) is 5.51. The molecule has 5 nitrogen and oxygen atoms in total. The maximum Gasteiger partial charge on any atom is 0.335 e. The molecular weight excluding hydrogens is 304 g/mol. The van der Waals surface area contributed by atoms with Crippen LogP contribution in [-0.2, 0) is 9.53 Å². The highest BCUT2D eigenvalue weighted by molar-refractivity contribution is 5.87. The maximum atomic E-state index is 11.5. The molecule has 3 N–H and O–H groups in total. The van der Waals surface area contributed by atoms with Crippen LogP contribution in [0.2, 0.25) is 0 Å². The van der Waals surface area contributed by atoms with Crippen LogP contribution in [0.4, 0.5) is 17.1 Å². The minimum absolute atomic E-state index is 0.257. The van der Waals surface area contributed by atoms with Crippen molar-refractivity contribution < 1.29 is 14.6 Å². The van der Waals surface area contributed by atoms with E-state index in [1.807, 2.05) is 59.5 Å². The monoisotopic (exact) mass is 326 g/mol. The fourth-order valence-electron chi connectivity index (χ4n) is 2.19. The van der Waals surface area contributed by atoms with Gasteiger partial charge in [0.15, 0.2) is 0 Å². The van der Waals surface area contributed by atoms with E-state index >= 15 is 0 Å². The molecule has 0 saturated carbocycles. The summed E-state index contributed by atoms with van der Waals surface area (Å²) in [4.78, 5) is 13.5. The molecule has 2 aromatic carbocycles. The third-order valence-electron chi connectivity index (χ3n) is 3.46. The lowest BCUT2D eigenvalue weighted by Gasteiger charge is -2.26. The molecule has 0 aliphatic rings. The van der Waals surface area contributed by atoms with Gasteiger partial charge < -0.3 is 20.5 Å². The first-order valence-corrected chi connectivity index (χ1v) is 7.70. The van der Waals surface area contributed by atoms with E-state index in [0.29, 0.717) is 12.2 Å². The molecule has 1 unspecified atom stereocenters. The van der Waals surface area contributed by atoms with E-state index in [4.69, 9.17) is 10.5 Å². The van der Waals surface area contributed by atoms with Gasteiger partial charge in [-0.3, -0.25) is 0 Å². The molecule has 0 aliphatic carbocycles. The van der Waals surface area contributed by atoms with Gasteiger partial charge in [-0.25, -0.2) is 4.79 Å². The second-order valence-electron chi connectivity index (χ2n) is 5.51. The molecule has 0 saturated heterocycles. The lowest BCUT2D eigenvalue weighted by atomic mass is 10.2. The van der Waals surface area contributed by atoms with Crippen LogP contribution in [0.25, 0.3) is 0 Å². The van der Waals surface area contributed by atoms with Crippen molar-refractivity contribution in [1.82, 2.24) is 0 Å². The average molecular weight is 326 g/mol. The molecule has 2 rings (SSSR count). The molecule has 24 heavy (non-hydrogen) atoms. The lowest BCUT2D eigenvalue weighted by molar-refractivity contribution is -0.163. The summed E-state index contributed by atoms with van der Waals surface area (Å²) < 4.78 is 4.92. The average Bonchev–Trinajstić information content (AvgIpc) is 2.57. The minimum Gasteiger partial charge on any atom is -0.433 e. The van der Waals surface area contributed by atoms with Crippen molar-refractivity contribution in [3.63, 3.8) is 0 Å². The summed E-state index contributed by atoms with van der Waals surface area (Å²) in [5, 5.41) is 9.92. The quantitative estimate of drug-likeness (QED) is 0.353. The Bertz CT molecular complexity index is 684. The standard InChI is InChI=1S/C19H22N2O3/c1-14(2)19(23)24-18(22)12-13-21(16-6-4-3-5-7-16)17-10-8-15(20)9-11-17/h3-11,18,22H,1,12-13,20H2,2H3. The number of aliphatic hydroxyl groups is 1. The van der Waals surface area contributed by atoms with Crippen LogP contribution in [0.3, 0.4) is 0 Å². The Labute approximate surface area is 142 Å². The third kappa shape index (κ3) is 4.86. The SMILES string of the molecule is C=C(C)C(=O)OC(O)CCN(c1ccccc1)c1ccc(N)cc1. The van der Waals surface area contributed by atoms with Gasteiger partial charge >= 0.3 is 5.97 Å². The highest BCUT2D eigenvalue weighted by Crippen LogP contribution is 2.26. The van der Waals surface area contributed by atoms with Gasteiger partial charge in [0.2, 0.25) is 6.29 Å². The van der Waals surface area contributed by atoms with Gasteiger partial charge in [-0.1, -0.05) is 24.8 Å². The first-order valence-electron chi connectivity index (χ1n) is 7.70. The molecule has 2 aromatic rings. The van der Waals surface area contributed by atoms with Crippen LogP contribution in [0.1, 0.15) is 13.3 Å². The van der Waals surface area contributed by atoms with Crippen molar-refractivity contribution in [2.75, 3.05) is 17.2 Å². The number of para-hydroxylation sites is 1. The zero-order valence-electron chi connectivity index (χ0n) is 13.7. The molecular formula is C19H22N2O3. The molecule has 0 bridgehead atoms. The van der Waals surface area contributed by atoms with Crippen molar-refractivity contribution in [3.8, 4) is 0 Å². The molecule has 0 radical (unpaired) electrons. The van der Waals surface area contributed by atoms with Crippen molar-refractivity contribution in [1.29, 1.82) is 0 Å². The van der Waals surface area contributed by atoms with Crippen molar-refractivity contribution in [3.05, 3.63) is 66.7 Å². The van der Waals surface area contributed by atoms with Gasteiger partial charge in [-0.2, -0.15) is 0 Å². The highest BCUT2D eigenvalue weighted by Gasteiger charge is 2.15. The van der Waals surface area contributed by atoms with Crippen molar-refractivity contribution >= 4 is 23.0 Å². The van der Waals surface area contributed by atoms with Gasteiger partial charge in [0, 0.05) is 35.6 Å². The summed E-state index contributed by atoms with van der Waals surface area (Å²) in [6.45, 7) is 5.51. The number of ether oxygens (including phenoxy) is 1. The summed E-state index contributed by atoms with van der Waals surface area (Å²) >= 11 is 0. The molecule has 0 heterocycles. The van der Waals surface area contributed by atoms with E-state index in [-0.39, 0.29) is 12.0 Å². The summed E-state index contributed by atoms with van der Waals surface area (Å²) in [5.41, 5.74) is 8.60. The smallest absolute Gasteiger partial charge is 0.335 e. The molecule has 0 spiro atoms. The molecule has 1 atom stereocenters. The van der Waals surface area contributed by atoms with Crippen LogP contribution in [0.15, 0.2) is 66.7 Å². The molecule has 0 fully saturated rings. The number of aliphatic hydroxyl groups excluding tert-OH is 1. The predicted molar refractivity (Wildman–Crippen MR) is 95.8 cm³/mol. The van der Waals surface area contributed by atoms with Crippen LogP contribution >= 0.6 is 0 Å². The zero-order chi connectivity index (χ0) is 17.5. The van der Waals surface area contributed by atoms with Crippen LogP contribution < -0.4 is 10.6 Å². The third-order valence-corrected chi connectivity index (χ3v) is 3.46.